The largest absolute Gasteiger partial charge is 0.480 e. The number of carbonyl (C=O) groups is 1. The summed E-state index contributed by atoms with van der Waals surface area (Å²) in [5.41, 5.74) is 4.44. The van der Waals surface area contributed by atoms with Crippen molar-refractivity contribution in [1.29, 1.82) is 0 Å². The highest BCUT2D eigenvalue weighted by atomic mass is 32.2. The van der Waals surface area contributed by atoms with Crippen LogP contribution >= 0.6 is 11.8 Å². The maximum Gasteiger partial charge on any atom is 0.323 e. The summed E-state index contributed by atoms with van der Waals surface area (Å²) in [6.45, 7) is 3.35. The maximum absolute atomic E-state index is 10.9. The van der Waals surface area contributed by atoms with Crippen LogP contribution in [0.1, 0.15) is 20.3 Å². The summed E-state index contributed by atoms with van der Waals surface area (Å²) >= 11 is 1.44. The van der Waals surface area contributed by atoms with Crippen molar-refractivity contribution in [3.63, 3.8) is 0 Å². The summed E-state index contributed by atoms with van der Waals surface area (Å²) in [4.78, 5) is 21.8. The van der Waals surface area contributed by atoms with Crippen molar-refractivity contribution < 1.29 is 14.8 Å². The van der Waals surface area contributed by atoms with E-state index in [-0.39, 0.29) is 10.9 Å². The number of thioether (sulfide) groups is 1. The van der Waals surface area contributed by atoms with Crippen LogP contribution in [0.5, 0.6) is 0 Å². The lowest BCUT2D eigenvalue weighted by Crippen LogP contribution is -2.46. The lowest BCUT2D eigenvalue weighted by atomic mass is 9.98. The van der Waals surface area contributed by atoms with E-state index >= 15 is 0 Å². The predicted octanol–water partition coefficient (Wildman–Crippen LogP) is 2.27. The standard InChI is InChI=1S/C12H16N2O4S/c1-8(7-12(2,13)11(15)16)19-10-5-3-9(4-6-10)14(17)18/h3-6,8H,7,13H2,1-2H3,(H,15,16). The molecular weight excluding hydrogens is 268 g/mol. The number of hydrogen-bond acceptors (Lipinski definition) is 5. The van der Waals surface area contributed by atoms with Gasteiger partial charge in [-0.2, -0.15) is 0 Å². The number of carboxylic acid groups (broad SMARTS) is 1. The van der Waals surface area contributed by atoms with E-state index in [1.807, 2.05) is 6.92 Å². The molecule has 0 aliphatic rings. The van der Waals surface area contributed by atoms with Crippen molar-refractivity contribution in [2.45, 2.75) is 36.0 Å². The zero-order chi connectivity index (χ0) is 14.6. The fraction of sp³-hybridized carbons (Fsp3) is 0.417. The van der Waals surface area contributed by atoms with Gasteiger partial charge >= 0.3 is 5.97 Å². The van der Waals surface area contributed by atoms with Crippen molar-refractivity contribution >= 4 is 23.4 Å². The lowest BCUT2D eigenvalue weighted by Gasteiger charge is -2.23. The first-order chi connectivity index (χ1) is 8.72. The Hall–Kier alpha value is -1.60. The highest BCUT2D eigenvalue weighted by Crippen LogP contribution is 2.29. The van der Waals surface area contributed by atoms with Crippen LogP contribution in [0.25, 0.3) is 0 Å². The van der Waals surface area contributed by atoms with Crippen LogP contribution < -0.4 is 5.73 Å². The van der Waals surface area contributed by atoms with Crippen LogP contribution in [-0.4, -0.2) is 26.8 Å². The van der Waals surface area contributed by atoms with Crippen molar-refractivity contribution in [2.75, 3.05) is 0 Å². The number of hydrogen-bond donors (Lipinski definition) is 2. The Morgan fingerprint density at radius 2 is 2.05 bits per heavy atom. The molecule has 1 rings (SSSR count). The van der Waals surface area contributed by atoms with Gasteiger partial charge in [-0.1, -0.05) is 6.92 Å². The number of nitrogens with zero attached hydrogens (tertiary/aromatic N) is 1. The molecule has 2 atom stereocenters. The summed E-state index contributed by atoms with van der Waals surface area (Å²) in [6.07, 6.45) is 0.310. The summed E-state index contributed by atoms with van der Waals surface area (Å²) in [6, 6.07) is 6.14. The maximum atomic E-state index is 10.9. The van der Waals surface area contributed by atoms with Crippen molar-refractivity contribution in [3.8, 4) is 0 Å². The summed E-state index contributed by atoms with van der Waals surface area (Å²) in [7, 11) is 0. The SMILES string of the molecule is CC(CC(C)(N)C(=O)O)Sc1ccc([N+](=O)[O-])cc1. The molecule has 0 radical (unpaired) electrons. The Morgan fingerprint density at radius 1 is 1.53 bits per heavy atom. The van der Waals surface area contributed by atoms with Crippen molar-refractivity contribution in [1.82, 2.24) is 0 Å². The van der Waals surface area contributed by atoms with E-state index in [1.54, 1.807) is 12.1 Å². The molecule has 1 aromatic carbocycles. The van der Waals surface area contributed by atoms with Gasteiger partial charge in [0.05, 0.1) is 4.92 Å². The summed E-state index contributed by atoms with van der Waals surface area (Å²) < 4.78 is 0. The second-order valence-corrected chi connectivity index (χ2v) is 6.12. The Balaban J connectivity index is 2.64. The zero-order valence-electron chi connectivity index (χ0n) is 10.7. The van der Waals surface area contributed by atoms with Gasteiger partial charge in [0.15, 0.2) is 0 Å². The zero-order valence-corrected chi connectivity index (χ0v) is 11.5. The fourth-order valence-electron chi connectivity index (χ4n) is 1.60. The number of nitro benzene ring substituents is 1. The fourth-order valence-corrected chi connectivity index (χ4v) is 2.79. The van der Waals surface area contributed by atoms with Crippen LogP contribution in [0.4, 0.5) is 5.69 Å². The molecule has 0 aliphatic carbocycles. The van der Waals surface area contributed by atoms with Crippen LogP contribution in [-0.2, 0) is 4.79 Å². The number of benzene rings is 1. The number of non-ortho nitro benzene ring substituents is 1. The molecule has 0 aliphatic heterocycles. The van der Waals surface area contributed by atoms with E-state index in [1.165, 1.54) is 30.8 Å². The Kier molecular flexibility index (Phi) is 4.90. The smallest absolute Gasteiger partial charge is 0.323 e. The molecular formula is C12H16N2O4S. The van der Waals surface area contributed by atoms with Crippen LogP contribution in [0.15, 0.2) is 29.2 Å². The molecule has 0 aromatic heterocycles. The van der Waals surface area contributed by atoms with Gasteiger partial charge in [0, 0.05) is 22.3 Å². The molecule has 0 fully saturated rings. The van der Waals surface area contributed by atoms with Gasteiger partial charge in [-0.05, 0) is 25.5 Å². The first-order valence-electron chi connectivity index (χ1n) is 5.66. The van der Waals surface area contributed by atoms with Crippen LogP contribution in [0.2, 0.25) is 0 Å². The normalized spacial score (nSPS) is 15.5. The minimum absolute atomic E-state index is 0.00689. The van der Waals surface area contributed by atoms with Crippen molar-refractivity contribution in [3.05, 3.63) is 34.4 Å². The molecule has 6 nitrogen and oxygen atoms in total. The van der Waals surface area contributed by atoms with Gasteiger partial charge in [0.1, 0.15) is 5.54 Å². The minimum Gasteiger partial charge on any atom is -0.480 e. The molecule has 0 saturated carbocycles. The van der Waals surface area contributed by atoms with E-state index in [9.17, 15) is 14.9 Å². The minimum atomic E-state index is -1.27. The third kappa shape index (κ3) is 4.53. The third-order valence-corrected chi connectivity index (χ3v) is 3.70. The molecule has 3 N–H and O–H groups in total. The molecule has 19 heavy (non-hydrogen) atoms. The number of nitrogens with two attached hydrogens (primary N) is 1. The van der Waals surface area contributed by atoms with E-state index in [4.69, 9.17) is 10.8 Å². The molecule has 1 aromatic rings. The van der Waals surface area contributed by atoms with Gasteiger partial charge in [0.2, 0.25) is 0 Å². The van der Waals surface area contributed by atoms with E-state index in [2.05, 4.69) is 0 Å². The Morgan fingerprint density at radius 3 is 2.47 bits per heavy atom. The van der Waals surface area contributed by atoms with Gasteiger partial charge in [-0.15, -0.1) is 11.8 Å². The Labute approximate surface area is 115 Å². The average Bonchev–Trinajstić information content (AvgIpc) is 2.28. The average molecular weight is 284 g/mol. The molecule has 0 amide bonds. The highest BCUT2D eigenvalue weighted by Gasteiger charge is 2.30. The molecule has 2 unspecified atom stereocenters. The molecule has 0 heterocycles. The quantitative estimate of drug-likeness (QED) is 0.471. The van der Waals surface area contributed by atoms with Gasteiger partial charge < -0.3 is 10.8 Å². The Bertz CT molecular complexity index is 473. The van der Waals surface area contributed by atoms with Crippen LogP contribution in [0.3, 0.4) is 0 Å². The molecule has 104 valence electrons. The molecule has 0 spiro atoms. The van der Waals surface area contributed by atoms with Crippen molar-refractivity contribution in [2.24, 2.45) is 5.73 Å². The lowest BCUT2D eigenvalue weighted by molar-refractivity contribution is -0.384. The van der Waals surface area contributed by atoms with Gasteiger partial charge in [-0.25, -0.2) is 0 Å². The topological polar surface area (TPSA) is 106 Å². The van der Waals surface area contributed by atoms with E-state index < -0.39 is 16.4 Å². The van der Waals surface area contributed by atoms with Gasteiger partial charge in [0.25, 0.3) is 5.69 Å². The number of carboxylic acids is 1. The van der Waals surface area contributed by atoms with E-state index in [0.717, 1.165) is 4.90 Å². The summed E-state index contributed by atoms with van der Waals surface area (Å²) in [5, 5.41) is 19.5. The second kappa shape index (κ2) is 6.03. The molecule has 0 saturated heterocycles. The monoisotopic (exact) mass is 284 g/mol. The molecule has 7 heteroatoms. The number of nitro groups is 1. The second-order valence-electron chi connectivity index (χ2n) is 4.61. The number of aliphatic carboxylic acids is 1. The van der Waals surface area contributed by atoms with Gasteiger partial charge in [-0.3, -0.25) is 14.9 Å². The predicted molar refractivity (Wildman–Crippen MR) is 73.3 cm³/mol. The first kappa shape index (κ1) is 15.5. The molecule has 0 bridgehead atoms. The third-order valence-electron chi connectivity index (χ3n) is 2.58. The highest BCUT2D eigenvalue weighted by molar-refractivity contribution is 7.99. The number of rotatable bonds is 6. The first-order valence-corrected chi connectivity index (χ1v) is 6.54. The van der Waals surface area contributed by atoms with E-state index in [0.29, 0.717) is 6.42 Å². The van der Waals surface area contributed by atoms with Crippen LogP contribution in [0, 0.1) is 10.1 Å². The summed E-state index contributed by atoms with van der Waals surface area (Å²) in [5.74, 6) is -1.04.